The average Bonchev–Trinajstić information content (AvgIpc) is 3.28. The van der Waals surface area contributed by atoms with E-state index in [0.717, 1.165) is 30.4 Å². The highest BCUT2D eigenvalue weighted by molar-refractivity contribution is 5.88. The van der Waals surface area contributed by atoms with Gasteiger partial charge in [-0.15, -0.1) is 0 Å². The molecule has 1 saturated carbocycles. The fourth-order valence-electron chi connectivity index (χ4n) is 5.16. The van der Waals surface area contributed by atoms with E-state index < -0.39 is 11.8 Å². The van der Waals surface area contributed by atoms with Crippen molar-refractivity contribution in [3.05, 3.63) is 41.0 Å². The number of amides is 2. The van der Waals surface area contributed by atoms with Gasteiger partial charge in [0.2, 0.25) is 11.8 Å². The van der Waals surface area contributed by atoms with Gasteiger partial charge in [-0.3, -0.25) is 15.0 Å². The molecule has 0 radical (unpaired) electrons. The summed E-state index contributed by atoms with van der Waals surface area (Å²) in [6.07, 6.45) is 6.55. The fourth-order valence-corrected chi connectivity index (χ4v) is 5.16. The van der Waals surface area contributed by atoms with E-state index in [-0.39, 0.29) is 34.5 Å². The van der Waals surface area contributed by atoms with Crippen molar-refractivity contribution in [3.8, 4) is 5.75 Å². The number of nitrogens with two attached hydrogens (primary N) is 1. The van der Waals surface area contributed by atoms with Crippen LogP contribution in [0.1, 0.15) is 71.1 Å². The summed E-state index contributed by atoms with van der Waals surface area (Å²) in [6, 6.07) is 4.20. The minimum absolute atomic E-state index is 0.0942. The number of primary amides is 1. The standard InChI is InChI=1S/C26H39N3O3/c1-25(2,3)18-12-15(13-19(22(18)30)26(4,5)6)8-7-11-28-29-24(32)21-17-10-9-16(14-17)20(21)23(27)31/h9-10,12-13,16-17,20-21,28,30H,7-8,11,14H2,1-6H3,(H2,27,31)(H,29,32). The molecule has 32 heavy (non-hydrogen) atoms. The minimum atomic E-state index is -0.407. The molecule has 1 aromatic carbocycles. The summed E-state index contributed by atoms with van der Waals surface area (Å²) in [5.74, 6) is -0.743. The first-order valence-corrected chi connectivity index (χ1v) is 11.7. The van der Waals surface area contributed by atoms with Gasteiger partial charge in [-0.1, -0.05) is 65.8 Å². The van der Waals surface area contributed by atoms with E-state index in [1.54, 1.807) is 0 Å². The average molecular weight is 442 g/mol. The van der Waals surface area contributed by atoms with Crippen LogP contribution in [0.2, 0.25) is 0 Å². The van der Waals surface area contributed by atoms with E-state index in [1.807, 2.05) is 12.2 Å². The van der Waals surface area contributed by atoms with Gasteiger partial charge >= 0.3 is 0 Å². The van der Waals surface area contributed by atoms with Gasteiger partial charge < -0.3 is 10.8 Å². The summed E-state index contributed by atoms with van der Waals surface area (Å²) in [4.78, 5) is 24.5. The zero-order valence-electron chi connectivity index (χ0n) is 20.3. The van der Waals surface area contributed by atoms with E-state index in [0.29, 0.717) is 12.3 Å². The van der Waals surface area contributed by atoms with Gasteiger partial charge in [-0.05, 0) is 58.6 Å². The van der Waals surface area contributed by atoms with Crippen LogP contribution in [0.5, 0.6) is 5.75 Å². The van der Waals surface area contributed by atoms with Crippen LogP contribution in [0.25, 0.3) is 0 Å². The van der Waals surface area contributed by atoms with Crippen LogP contribution >= 0.6 is 0 Å². The second kappa shape index (κ2) is 8.89. The number of fused-ring (bicyclic) bond motifs is 2. The quantitative estimate of drug-likeness (QED) is 0.295. The Kier molecular flexibility index (Phi) is 6.75. The first-order chi connectivity index (χ1) is 14.8. The Morgan fingerprint density at radius 2 is 1.53 bits per heavy atom. The molecule has 4 unspecified atom stereocenters. The second-order valence-electron chi connectivity index (χ2n) is 11.5. The highest BCUT2D eigenvalue weighted by Gasteiger charge is 2.50. The number of hydrazine groups is 1. The van der Waals surface area contributed by atoms with Crippen molar-refractivity contribution in [1.29, 1.82) is 0 Å². The van der Waals surface area contributed by atoms with E-state index >= 15 is 0 Å². The highest BCUT2D eigenvalue weighted by Crippen LogP contribution is 2.47. The number of benzene rings is 1. The molecule has 5 N–H and O–H groups in total. The molecule has 2 bridgehead atoms. The maximum atomic E-state index is 12.7. The zero-order chi connectivity index (χ0) is 23.8. The Balaban J connectivity index is 1.57. The number of rotatable bonds is 7. The van der Waals surface area contributed by atoms with Gasteiger partial charge in [0.15, 0.2) is 0 Å². The topological polar surface area (TPSA) is 104 Å². The lowest BCUT2D eigenvalue weighted by molar-refractivity contribution is -0.134. The number of allylic oxidation sites excluding steroid dienone is 2. The minimum Gasteiger partial charge on any atom is -0.507 e. The lowest BCUT2D eigenvalue weighted by atomic mass is 9.78. The summed E-state index contributed by atoms with van der Waals surface area (Å²) >= 11 is 0. The third kappa shape index (κ3) is 5.01. The Bertz CT molecular complexity index is 873. The number of phenolic OH excluding ortho intramolecular Hbond substituents is 1. The summed E-state index contributed by atoms with van der Waals surface area (Å²) in [5, 5.41) is 10.9. The Morgan fingerprint density at radius 3 is 2.03 bits per heavy atom. The molecule has 176 valence electrons. The molecule has 6 nitrogen and oxygen atoms in total. The van der Waals surface area contributed by atoms with E-state index in [4.69, 9.17) is 5.73 Å². The van der Waals surface area contributed by atoms with Crippen LogP contribution in [0.4, 0.5) is 0 Å². The van der Waals surface area contributed by atoms with Gasteiger partial charge in [0.25, 0.3) is 0 Å². The molecule has 2 aliphatic carbocycles. The van der Waals surface area contributed by atoms with Crippen molar-refractivity contribution in [3.63, 3.8) is 0 Å². The Hall–Kier alpha value is -2.34. The predicted octanol–water partition coefficient (Wildman–Crippen LogP) is 3.46. The van der Waals surface area contributed by atoms with E-state index in [1.165, 1.54) is 5.56 Å². The molecule has 0 heterocycles. The number of nitrogens with one attached hydrogen (secondary N) is 2. The summed E-state index contributed by atoms with van der Waals surface area (Å²) in [6.45, 7) is 13.3. The summed E-state index contributed by atoms with van der Waals surface area (Å²) in [7, 11) is 0. The second-order valence-corrected chi connectivity index (χ2v) is 11.5. The number of aryl methyl sites for hydroxylation is 1. The largest absolute Gasteiger partial charge is 0.507 e. The monoisotopic (exact) mass is 441 g/mol. The molecule has 0 saturated heterocycles. The molecule has 0 aliphatic heterocycles. The van der Waals surface area contributed by atoms with Crippen LogP contribution < -0.4 is 16.6 Å². The third-order valence-electron chi connectivity index (χ3n) is 6.86. The maximum absolute atomic E-state index is 12.7. The summed E-state index contributed by atoms with van der Waals surface area (Å²) < 4.78 is 0. The lowest BCUT2D eigenvalue weighted by Crippen LogP contribution is -2.47. The van der Waals surface area contributed by atoms with Crippen LogP contribution in [0.15, 0.2) is 24.3 Å². The third-order valence-corrected chi connectivity index (χ3v) is 6.86. The van der Waals surface area contributed by atoms with E-state index in [9.17, 15) is 14.7 Å². The Morgan fingerprint density at radius 1 is 1.00 bits per heavy atom. The smallest absolute Gasteiger partial charge is 0.238 e. The molecule has 3 rings (SSSR count). The normalized spacial score (nSPS) is 24.7. The SMILES string of the molecule is CC(C)(C)c1cc(CCCNNC(=O)C2C3C=CC(C3)C2C(N)=O)cc(C(C)(C)C)c1O. The molecule has 2 amide bonds. The number of hydrogen-bond donors (Lipinski definition) is 4. The number of phenols is 1. The number of carbonyl (C=O) groups excluding carboxylic acids is 2. The zero-order valence-corrected chi connectivity index (χ0v) is 20.3. The molecule has 4 atom stereocenters. The van der Waals surface area contributed by atoms with Crippen molar-refractivity contribution >= 4 is 11.8 Å². The van der Waals surface area contributed by atoms with Crippen molar-refractivity contribution < 1.29 is 14.7 Å². The molecule has 6 heteroatoms. The van der Waals surface area contributed by atoms with Crippen LogP contribution in [-0.4, -0.2) is 23.5 Å². The summed E-state index contributed by atoms with van der Waals surface area (Å²) in [5.41, 5.74) is 14.2. The fraction of sp³-hybridized carbons (Fsp3) is 0.615. The number of aromatic hydroxyl groups is 1. The molecule has 0 aromatic heterocycles. The van der Waals surface area contributed by atoms with Gasteiger partial charge in [0.05, 0.1) is 11.8 Å². The molecular weight excluding hydrogens is 402 g/mol. The first-order valence-electron chi connectivity index (χ1n) is 11.7. The van der Waals surface area contributed by atoms with Crippen LogP contribution in [-0.2, 0) is 26.8 Å². The number of hydrogen-bond acceptors (Lipinski definition) is 4. The molecule has 1 aromatic rings. The molecule has 2 aliphatic rings. The molecule has 1 fully saturated rings. The lowest BCUT2D eigenvalue weighted by Gasteiger charge is -2.28. The number of carbonyl (C=O) groups is 2. The highest BCUT2D eigenvalue weighted by atomic mass is 16.3. The van der Waals surface area contributed by atoms with Gasteiger partial charge in [0, 0.05) is 6.54 Å². The predicted molar refractivity (Wildman–Crippen MR) is 127 cm³/mol. The van der Waals surface area contributed by atoms with Crippen molar-refractivity contribution in [2.24, 2.45) is 29.4 Å². The Labute approximate surface area is 192 Å². The van der Waals surface area contributed by atoms with Crippen LogP contribution in [0.3, 0.4) is 0 Å². The van der Waals surface area contributed by atoms with E-state index in [2.05, 4.69) is 64.5 Å². The van der Waals surface area contributed by atoms with Crippen molar-refractivity contribution in [1.82, 2.24) is 10.9 Å². The molecular formula is C26H39N3O3. The first kappa shape index (κ1) is 24.3. The van der Waals surface area contributed by atoms with Gasteiger partial charge in [0.1, 0.15) is 5.75 Å². The van der Waals surface area contributed by atoms with Crippen molar-refractivity contribution in [2.45, 2.75) is 71.6 Å². The molecule has 0 spiro atoms. The van der Waals surface area contributed by atoms with Crippen LogP contribution in [0, 0.1) is 23.7 Å². The van der Waals surface area contributed by atoms with Gasteiger partial charge in [-0.25, -0.2) is 5.43 Å². The maximum Gasteiger partial charge on any atom is 0.238 e. The van der Waals surface area contributed by atoms with Gasteiger partial charge in [-0.2, -0.15) is 0 Å². The van der Waals surface area contributed by atoms with Crippen molar-refractivity contribution in [2.75, 3.05) is 6.54 Å².